The van der Waals surface area contributed by atoms with Gasteiger partial charge in [0.05, 0.1) is 12.5 Å². The lowest BCUT2D eigenvalue weighted by atomic mass is 9.97. The number of likely N-dealkylation sites (tertiary alicyclic amines) is 1. The summed E-state index contributed by atoms with van der Waals surface area (Å²) in [6.07, 6.45) is 5.06. The molecule has 1 aliphatic carbocycles. The monoisotopic (exact) mass is 282 g/mol. The van der Waals surface area contributed by atoms with Crippen LogP contribution in [0.3, 0.4) is 0 Å². The molecule has 2 rings (SSSR count). The van der Waals surface area contributed by atoms with Crippen molar-refractivity contribution in [2.24, 2.45) is 17.8 Å². The second-order valence-corrected chi connectivity index (χ2v) is 6.29. The molecular formula is C15H26N2O3. The highest BCUT2D eigenvalue weighted by atomic mass is 16.4. The van der Waals surface area contributed by atoms with Crippen LogP contribution in [0.25, 0.3) is 0 Å². The first-order chi connectivity index (χ1) is 9.58. The highest BCUT2D eigenvalue weighted by Gasteiger charge is 2.27. The standard InChI is InChI=1S/C15H26N2O3/c1-11-3-2-4-13(11)9-16-10-14(18)17-7-5-12(6-8-17)15(19)20/h11-13,16H,2-10H2,1H3,(H,19,20). The molecule has 2 fully saturated rings. The van der Waals surface area contributed by atoms with Crippen molar-refractivity contribution in [3.8, 4) is 0 Å². The fourth-order valence-corrected chi connectivity index (χ4v) is 3.38. The molecule has 0 aromatic heterocycles. The molecule has 5 nitrogen and oxygen atoms in total. The average Bonchev–Trinajstić information content (AvgIpc) is 2.84. The number of carboxylic acid groups (broad SMARTS) is 1. The number of piperidine rings is 1. The summed E-state index contributed by atoms with van der Waals surface area (Å²) in [7, 11) is 0. The van der Waals surface area contributed by atoms with Crippen LogP contribution in [0.1, 0.15) is 39.0 Å². The van der Waals surface area contributed by atoms with E-state index in [0.29, 0.717) is 38.4 Å². The van der Waals surface area contributed by atoms with Gasteiger partial charge in [-0.1, -0.05) is 19.8 Å². The Kier molecular flexibility index (Phi) is 5.40. The normalized spacial score (nSPS) is 27.8. The number of carbonyl (C=O) groups excluding carboxylic acids is 1. The number of hydrogen-bond donors (Lipinski definition) is 2. The molecule has 0 radical (unpaired) electrons. The molecule has 1 aliphatic heterocycles. The number of nitrogens with zero attached hydrogens (tertiary/aromatic N) is 1. The van der Waals surface area contributed by atoms with Gasteiger partial charge in [-0.25, -0.2) is 0 Å². The van der Waals surface area contributed by atoms with Crippen molar-refractivity contribution in [1.29, 1.82) is 0 Å². The Morgan fingerprint density at radius 1 is 1.20 bits per heavy atom. The zero-order valence-corrected chi connectivity index (χ0v) is 12.3. The molecule has 5 heteroatoms. The van der Waals surface area contributed by atoms with Gasteiger partial charge in [0.25, 0.3) is 0 Å². The topological polar surface area (TPSA) is 69.6 Å². The van der Waals surface area contributed by atoms with Gasteiger partial charge in [-0.05, 0) is 37.6 Å². The second-order valence-electron chi connectivity index (χ2n) is 6.29. The Morgan fingerprint density at radius 3 is 2.45 bits per heavy atom. The van der Waals surface area contributed by atoms with Crippen LogP contribution >= 0.6 is 0 Å². The molecule has 0 spiro atoms. The Hall–Kier alpha value is -1.10. The maximum Gasteiger partial charge on any atom is 0.306 e. The number of hydrogen-bond acceptors (Lipinski definition) is 3. The number of aliphatic carboxylic acids is 1. The Bertz CT molecular complexity index is 351. The first kappa shape index (κ1) is 15.3. The van der Waals surface area contributed by atoms with Crippen molar-refractivity contribution < 1.29 is 14.7 Å². The zero-order valence-electron chi connectivity index (χ0n) is 12.3. The number of amides is 1. The number of carbonyl (C=O) groups is 2. The van der Waals surface area contributed by atoms with E-state index in [1.807, 2.05) is 0 Å². The minimum Gasteiger partial charge on any atom is -0.481 e. The molecule has 0 aromatic carbocycles. The largest absolute Gasteiger partial charge is 0.481 e. The molecule has 1 amide bonds. The van der Waals surface area contributed by atoms with Crippen LogP contribution in [-0.4, -0.2) is 48.1 Å². The molecule has 1 saturated carbocycles. The molecule has 114 valence electrons. The van der Waals surface area contributed by atoms with Crippen LogP contribution in [0.15, 0.2) is 0 Å². The first-order valence-electron chi connectivity index (χ1n) is 7.79. The van der Waals surface area contributed by atoms with Gasteiger partial charge in [0.2, 0.25) is 5.91 Å². The number of nitrogens with one attached hydrogen (secondary N) is 1. The predicted molar refractivity (Wildman–Crippen MR) is 76.3 cm³/mol. The smallest absolute Gasteiger partial charge is 0.306 e. The Labute approximate surface area is 120 Å². The number of rotatable bonds is 5. The Balaban J connectivity index is 1.64. The first-order valence-corrected chi connectivity index (χ1v) is 7.79. The van der Waals surface area contributed by atoms with Gasteiger partial charge in [-0.15, -0.1) is 0 Å². The third-order valence-electron chi connectivity index (χ3n) is 4.92. The lowest BCUT2D eigenvalue weighted by molar-refractivity contribution is -0.145. The summed E-state index contributed by atoms with van der Waals surface area (Å²) in [4.78, 5) is 24.7. The fourth-order valence-electron chi connectivity index (χ4n) is 3.38. The van der Waals surface area contributed by atoms with Crippen LogP contribution in [0.4, 0.5) is 0 Å². The summed E-state index contributed by atoms with van der Waals surface area (Å²) in [5, 5.41) is 12.2. The quantitative estimate of drug-likeness (QED) is 0.798. The van der Waals surface area contributed by atoms with Crippen LogP contribution in [0.2, 0.25) is 0 Å². The summed E-state index contributed by atoms with van der Waals surface area (Å²) in [5.74, 6) is 0.584. The van der Waals surface area contributed by atoms with Crippen molar-refractivity contribution in [3.05, 3.63) is 0 Å². The van der Waals surface area contributed by atoms with Gasteiger partial charge in [-0.2, -0.15) is 0 Å². The zero-order chi connectivity index (χ0) is 14.5. The average molecular weight is 282 g/mol. The van der Waals surface area contributed by atoms with Gasteiger partial charge in [0, 0.05) is 13.1 Å². The van der Waals surface area contributed by atoms with Gasteiger partial charge in [-0.3, -0.25) is 9.59 Å². The van der Waals surface area contributed by atoms with Crippen LogP contribution < -0.4 is 5.32 Å². The molecule has 2 N–H and O–H groups in total. The van der Waals surface area contributed by atoms with Gasteiger partial charge < -0.3 is 15.3 Å². The van der Waals surface area contributed by atoms with E-state index in [1.165, 1.54) is 19.3 Å². The highest BCUT2D eigenvalue weighted by molar-refractivity contribution is 5.78. The lowest BCUT2D eigenvalue weighted by Crippen LogP contribution is -2.44. The summed E-state index contributed by atoms with van der Waals surface area (Å²) in [5.41, 5.74) is 0. The van der Waals surface area contributed by atoms with E-state index in [0.717, 1.165) is 12.5 Å². The van der Waals surface area contributed by atoms with Crippen molar-refractivity contribution in [3.63, 3.8) is 0 Å². The van der Waals surface area contributed by atoms with Crippen LogP contribution in [-0.2, 0) is 9.59 Å². The summed E-state index contributed by atoms with van der Waals surface area (Å²) >= 11 is 0. The predicted octanol–water partition coefficient (Wildman–Crippen LogP) is 1.34. The van der Waals surface area contributed by atoms with E-state index < -0.39 is 5.97 Å². The maximum atomic E-state index is 12.0. The second kappa shape index (κ2) is 7.07. The van der Waals surface area contributed by atoms with Crippen molar-refractivity contribution in [2.45, 2.75) is 39.0 Å². The van der Waals surface area contributed by atoms with E-state index in [9.17, 15) is 9.59 Å². The third-order valence-corrected chi connectivity index (χ3v) is 4.92. The van der Waals surface area contributed by atoms with E-state index >= 15 is 0 Å². The van der Waals surface area contributed by atoms with E-state index in [2.05, 4.69) is 12.2 Å². The van der Waals surface area contributed by atoms with Crippen molar-refractivity contribution >= 4 is 11.9 Å². The Morgan fingerprint density at radius 2 is 1.90 bits per heavy atom. The molecule has 2 aliphatic rings. The molecule has 2 atom stereocenters. The third kappa shape index (κ3) is 3.95. The van der Waals surface area contributed by atoms with Gasteiger partial charge in [0.1, 0.15) is 0 Å². The van der Waals surface area contributed by atoms with Crippen LogP contribution in [0.5, 0.6) is 0 Å². The van der Waals surface area contributed by atoms with Crippen LogP contribution in [0, 0.1) is 17.8 Å². The fraction of sp³-hybridized carbons (Fsp3) is 0.867. The van der Waals surface area contributed by atoms with Gasteiger partial charge >= 0.3 is 5.97 Å². The molecule has 2 unspecified atom stereocenters. The number of carboxylic acids is 1. The minimum atomic E-state index is -0.731. The van der Waals surface area contributed by atoms with E-state index in [-0.39, 0.29) is 11.8 Å². The molecule has 20 heavy (non-hydrogen) atoms. The summed E-state index contributed by atoms with van der Waals surface area (Å²) in [6, 6.07) is 0. The van der Waals surface area contributed by atoms with Crippen molar-refractivity contribution in [2.75, 3.05) is 26.2 Å². The lowest BCUT2D eigenvalue weighted by Gasteiger charge is -2.30. The van der Waals surface area contributed by atoms with Crippen molar-refractivity contribution in [1.82, 2.24) is 10.2 Å². The molecule has 1 heterocycles. The maximum absolute atomic E-state index is 12.0. The highest BCUT2D eigenvalue weighted by Crippen LogP contribution is 2.30. The van der Waals surface area contributed by atoms with E-state index in [4.69, 9.17) is 5.11 Å². The minimum absolute atomic E-state index is 0.111. The molecule has 1 saturated heterocycles. The molecule has 0 aromatic rings. The summed E-state index contributed by atoms with van der Waals surface area (Å²) < 4.78 is 0. The summed E-state index contributed by atoms with van der Waals surface area (Å²) in [6.45, 7) is 4.77. The SMILES string of the molecule is CC1CCCC1CNCC(=O)N1CCC(C(=O)O)CC1. The van der Waals surface area contributed by atoms with E-state index in [1.54, 1.807) is 4.90 Å². The molecule has 0 bridgehead atoms. The molecular weight excluding hydrogens is 256 g/mol. The van der Waals surface area contributed by atoms with Gasteiger partial charge in [0.15, 0.2) is 0 Å².